The molecule has 0 saturated carbocycles. The Morgan fingerprint density at radius 1 is 1.22 bits per heavy atom. The van der Waals surface area contributed by atoms with E-state index in [4.69, 9.17) is 0 Å². The van der Waals surface area contributed by atoms with Gasteiger partial charge < -0.3 is 5.32 Å². The molecule has 1 rings (SSSR count). The molecule has 0 amide bonds. The molecule has 0 aliphatic heterocycles. The normalized spacial score (nSPS) is 11.7. The largest absolute Gasteiger partial charge is 0.416 e. The molecule has 98 valence electrons. The fourth-order valence-corrected chi connectivity index (χ4v) is 3.18. The van der Waals surface area contributed by atoms with Crippen LogP contribution < -0.4 is 10.5 Å². The highest BCUT2D eigenvalue weighted by atomic mass is 79.9. The van der Waals surface area contributed by atoms with E-state index < -0.39 is 19.8 Å². The molecule has 0 radical (unpaired) electrons. The molecule has 1 nitrogen and oxygen atoms in total. The van der Waals surface area contributed by atoms with E-state index in [1.165, 1.54) is 12.1 Å². The van der Waals surface area contributed by atoms with Crippen molar-refractivity contribution in [2.45, 2.75) is 25.8 Å². The maximum absolute atomic E-state index is 12.7. The molecule has 0 bridgehead atoms. The molecule has 0 aliphatic carbocycles. The quantitative estimate of drug-likeness (QED) is 0.489. The molecule has 0 spiro atoms. The maximum atomic E-state index is 12.7. The van der Waals surface area contributed by atoms with E-state index in [1.807, 2.05) is 19.6 Å². The van der Waals surface area contributed by atoms with Crippen LogP contribution in [0.15, 0.2) is 18.2 Å². The van der Waals surface area contributed by atoms with Gasteiger partial charge in [0.05, 0.1) is 13.6 Å². The summed E-state index contributed by atoms with van der Waals surface area (Å²) in [5.74, 6) is 0. The van der Waals surface area contributed by atoms with Gasteiger partial charge in [0.2, 0.25) is 0 Å². The number of anilines is 1. The van der Waals surface area contributed by atoms with Crippen molar-refractivity contribution in [3.05, 3.63) is 23.8 Å². The van der Waals surface area contributed by atoms with Crippen molar-refractivity contribution in [3.63, 3.8) is 0 Å². The maximum Gasteiger partial charge on any atom is 0.416 e. The number of nitrogens with one attached hydrogen (secondary N) is 1. The zero-order valence-electron chi connectivity index (χ0n) is 10.2. The van der Waals surface area contributed by atoms with E-state index >= 15 is 0 Å². The summed E-state index contributed by atoms with van der Waals surface area (Å²) < 4.78 is 38.1. The smallest absolute Gasteiger partial charge is 0.314 e. The molecule has 0 atom stereocenters. The van der Waals surface area contributed by atoms with E-state index in [-0.39, 0.29) is 0 Å². The Balaban J connectivity index is 3.33. The number of alkyl halides is 3. The molecule has 1 aromatic rings. The lowest BCUT2D eigenvalue weighted by Gasteiger charge is -2.22. The second-order valence-electron chi connectivity index (χ2n) is 4.85. The Morgan fingerprint density at radius 2 is 1.83 bits per heavy atom. The van der Waals surface area contributed by atoms with Gasteiger partial charge in [-0.1, -0.05) is 19.6 Å². The number of halogens is 4. The third-order valence-corrected chi connectivity index (χ3v) is 4.63. The van der Waals surface area contributed by atoms with Crippen LogP contribution in [0.4, 0.5) is 18.9 Å². The molecule has 6 heteroatoms. The minimum Gasteiger partial charge on any atom is -0.314 e. The molecule has 0 unspecified atom stereocenters. The van der Waals surface area contributed by atoms with Crippen LogP contribution in [0.2, 0.25) is 19.6 Å². The van der Waals surface area contributed by atoms with Crippen LogP contribution in [-0.4, -0.2) is 8.07 Å². The van der Waals surface area contributed by atoms with Crippen molar-refractivity contribution in [2.75, 3.05) is 5.32 Å². The van der Waals surface area contributed by atoms with Gasteiger partial charge in [0.15, 0.2) is 0 Å². The lowest BCUT2D eigenvalue weighted by molar-refractivity contribution is -0.137. The van der Waals surface area contributed by atoms with Crippen molar-refractivity contribution < 1.29 is 13.2 Å². The summed E-state index contributed by atoms with van der Waals surface area (Å²) in [7, 11) is -1.88. The Hall–Kier alpha value is -0.933. The van der Waals surface area contributed by atoms with Crippen molar-refractivity contribution in [1.82, 2.24) is 0 Å². The average molecular weight is 336 g/mol. The minimum atomic E-state index is -4.31. The summed E-state index contributed by atoms with van der Waals surface area (Å²) >= 11 is 2.94. The van der Waals surface area contributed by atoms with Gasteiger partial charge >= 0.3 is 6.18 Å². The van der Waals surface area contributed by atoms with Gasteiger partial charge in [-0.3, -0.25) is 0 Å². The van der Waals surface area contributed by atoms with Crippen LogP contribution >= 0.6 is 15.9 Å². The van der Waals surface area contributed by atoms with Gasteiger partial charge in [0.25, 0.3) is 0 Å². The van der Waals surface area contributed by atoms with Gasteiger partial charge in [-0.25, -0.2) is 0 Å². The van der Waals surface area contributed by atoms with E-state index in [0.29, 0.717) is 10.9 Å². The highest BCUT2D eigenvalue weighted by molar-refractivity contribution is 9.12. The van der Waals surface area contributed by atoms with E-state index in [1.54, 1.807) is 0 Å². The molecule has 1 N–H and O–H groups in total. The van der Waals surface area contributed by atoms with Crippen molar-refractivity contribution in [1.29, 1.82) is 0 Å². The Morgan fingerprint density at radius 3 is 2.28 bits per heavy atom. The zero-order chi connectivity index (χ0) is 14.0. The van der Waals surface area contributed by atoms with E-state index in [2.05, 4.69) is 32.1 Å². The molecule has 0 aromatic heterocycles. The standard InChI is InChI=1S/C12H13BrF3NSi/c1-18(2,3)11-8-9(12(14,15)16)4-5-10(11)17-7-6-13/h4-5,8,17H,1-3H3. The third kappa shape index (κ3) is 3.78. The summed E-state index contributed by atoms with van der Waals surface area (Å²) in [6.45, 7) is 5.99. The predicted molar refractivity (Wildman–Crippen MR) is 74.7 cm³/mol. The molecular formula is C12H13BrF3NSi. The van der Waals surface area contributed by atoms with Crippen LogP contribution in [-0.2, 0) is 6.18 Å². The summed E-state index contributed by atoms with van der Waals surface area (Å²) in [5, 5.41) is 3.52. The Labute approximate surface area is 114 Å². The van der Waals surface area contributed by atoms with Crippen LogP contribution in [0.25, 0.3) is 0 Å². The van der Waals surface area contributed by atoms with E-state index in [9.17, 15) is 13.2 Å². The molecular weight excluding hydrogens is 323 g/mol. The molecule has 1 aromatic carbocycles. The Bertz CT molecular complexity index is 495. The van der Waals surface area contributed by atoms with E-state index in [0.717, 1.165) is 6.07 Å². The molecule has 0 heterocycles. The second-order valence-corrected chi connectivity index (χ2v) is 10.3. The summed E-state index contributed by atoms with van der Waals surface area (Å²) in [4.78, 5) is 2.48. The summed E-state index contributed by atoms with van der Waals surface area (Å²) in [5.41, 5.74) is 0.0337. The zero-order valence-corrected chi connectivity index (χ0v) is 12.8. The van der Waals surface area contributed by atoms with Gasteiger partial charge in [0.1, 0.15) is 0 Å². The van der Waals surface area contributed by atoms with Crippen molar-refractivity contribution in [3.8, 4) is 10.9 Å². The first kappa shape index (κ1) is 15.1. The monoisotopic (exact) mass is 335 g/mol. The number of hydrogen-bond donors (Lipinski definition) is 1. The first-order chi connectivity index (χ1) is 8.16. The number of hydrogen-bond acceptors (Lipinski definition) is 1. The fraction of sp³-hybridized carbons (Fsp3) is 0.333. The lowest BCUT2D eigenvalue weighted by Crippen LogP contribution is -2.39. The van der Waals surface area contributed by atoms with Crippen LogP contribution in [0.1, 0.15) is 5.56 Å². The number of rotatable bonds is 2. The summed E-state index contributed by atoms with van der Waals surface area (Å²) in [6, 6.07) is 6.33. The average Bonchev–Trinajstić information content (AvgIpc) is 2.23. The molecule has 0 aliphatic rings. The first-order valence-corrected chi connectivity index (χ1v) is 9.54. The Kier molecular flexibility index (Phi) is 4.51. The van der Waals surface area contributed by atoms with Crippen LogP contribution in [0.3, 0.4) is 0 Å². The van der Waals surface area contributed by atoms with Gasteiger partial charge in [-0.2, -0.15) is 13.2 Å². The second kappa shape index (κ2) is 5.37. The number of benzene rings is 1. The SMILES string of the molecule is C[Si](C)(C)c1cc(C(F)(F)F)ccc1NC#CBr. The molecule has 18 heavy (non-hydrogen) atoms. The van der Waals surface area contributed by atoms with Crippen LogP contribution in [0.5, 0.6) is 0 Å². The van der Waals surface area contributed by atoms with Crippen molar-refractivity contribution in [2.24, 2.45) is 0 Å². The topological polar surface area (TPSA) is 12.0 Å². The highest BCUT2D eigenvalue weighted by Crippen LogP contribution is 2.30. The lowest BCUT2D eigenvalue weighted by atomic mass is 10.2. The minimum absolute atomic E-state index is 0.614. The predicted octanol–water partition coefficient (Wildman–Crippen LogP) is 3.98. The van der Waals surface area contributed by atoms with Gasteiger partial charge in [-0.15, -0.1) is 0 Å². The molecule has 0 fully saturated rings. The summed E-state index contributed by atoms with van der Waals surface area (Å²) in [6.07, 6.45) is -4.31. The fourth-order valence-electron chi connectivity index (χ4n) is 1.54. The van der Waals surface area contributed by atoms with Crippen molar-refractivity contribution >= 4 is 34.9 Å². The van der Waals surface area contributed by atoms with Gasteiger partial charge in [0, 0.05) is 27.7 Å². The van der Waals surface area contributed by atoms with Crippen LogP contribution in [0, 0.1) is 10.9 Å². The highest BCUT2D eigenvalue weighted by Gasteiger charge is 2.32. The molecule has 0 saturated heterocycles. The third-order valence-electron chi connectivity index (χ3n) is 2.40. The first-order valence-electron chi connectivity index (χ1n) is 5.24. The van der Waals surface area contributed by atoms with Gasteiger partial charge in [-0.05, 0) is 28.2 Å².